The number of ether oxygens (including phenoxy) is 1. The van der Waals surface area contributed by atoms with E-state index in [2.05, 4.69) is 9.44 Å². The fraction of sp³-hybridized carbons (Fsp3) is 0.409. The quantitative estimate of drug-likeness (QED) is 0.402. The van der Waals surface area contributed by atoms with E-state index in [1.54, 1.807) is 36.1 Å². The second-order valence-corrected chi connectivity index (χ2v) is 11.0. The standard InChI is InChI=1S/C22H31N3O6S2/c1-4-31-22(26)17-25(15-13-23-32(27,28)20-9-5-18(2)6-10-20)16-14-24-33(29,30)21-11-7-19(3)8-12-21/h5-12,23-24H,4,13-17H2,1-3H3. The largest absolute Gasteiger partial charge is 0.465 e. The van der Waals surface area contributed by atoms with Crippen molar-refractivity contribution in [1.29, 1.82) is 0 Å². The number of carbonyl (C=O) groups is 1. The molecule has 0 heterocycles. The number of benzene rings is 2. The minimum atomic E-state index is -3.70. The lowest BCUT2D eigenvalue weighted by Gasteiger charge is -2.21. The molecular formula is C22H31N3O6S2. The van der Waals surface area contributed by atoms with Gasteiger partial charge in [-0.15, -0.1) is 0 Å². The molecule has 2 aromatic carbocycles. The van der Waals surface area contributed by atoms with E-state index in [9.17, 15) is 21.6 Å². The number of nitrogens with one attached hydrogen (secondary N) is 2. The van der Waals surface area contributed by atoms with Gasteiger partial charge < -0.3 is 4.74 Å². The van der Waals surface area contributed by atoms with Gasteiger partial charge in [-0.3, -0.25) is 9.69 Å². The van der Waals surface area contributed by atoms with Gasteiger partial charge in [0.1, 0.15) is 0 Å². The van der Waals surface area contributed by atoms with Crippen LogP contribution in [-0.2, 0) is 29.6 Å². The van der Waals surface area contributed by atoms with Gasteiger partial charge in [-0.2, -0.15) is 0 Å². The number of rotatable bonds is 13. The van der Waals surface area contributed by atoms with Crippen molar-refractivity contribution in [2.24, 2.45) is 0 Å². The molecule has 0 bridgehead atoms. The Hall–Kier alpha value is -2.31. The molecular weight excluding hydrogens is 466 g/mol. The van der Waals surface area contributed by atoms with Gasteiger partial charge in [0.05, 0.1) is 22.9 Å². The van der Waals surface area contributed by atoms with E-state index in [1.165, 1.54) is 24.3 Å². The van der Waals surface area contributed by atoms with Crippen molar-refractivity contribution < 1.29 is 26.4 Å². The van der Waals surface area contributed by atoms with Gasteiger partial charge >= 0.3 is 5.97 Å². The Morgan fingerprint density at radius 1 is 0.788 bits per heavy atom. The Bertz CT molecular complexity index is 1030. The molecule has 0 unspecified atom stereocenters. The Balaban J connectivity index is 1.95. The Morgan fingerprint density at radius 2 is 1.18 bits per heavy atom. The van der Waals surface area contributed by atoms with E-state index in [0.29, 0.717) is 0 Å². The van der Waals surface area contributed by atoms with Crippen molar-refractivity contribution in [2.75, 3.05) is 39.3 Å². The van der Waals surface area contributed by atoms with Crippen molar-refractivity contribution in [3.63, 3.8) is 0 Å². The molecule has 0 aliphatic rings. The summed E-state index contributed by atoms with van der Waals surface area (Å²) in [5.41, 5.74) is 1.89. The maximum Gasteiger partial charge on any atom is 0.320 e. The van der Waals surface area contributed by atoms with Gasteiger partial charge in [-0.05, 0) is 45.0 Å². The fourth-order valence-electron chi connectivity index (χ4n) is 2.94. The second-order valence-electron chi connectivity index (χ2n) is 7.50. The van der Waals surface area contributed by atoms with Crippen molar-refractivity contribution in [2.45, 2.75) is 30.6 Å². The van der Waals surface area contributed by atoms with Crippen LogP contribution < -0.4 is 9.44 Å². The van der Waals surface area contributed by atoms with Crippen LogP contribution in [-0.4, -0.2) is 67.0 Å². The summed E-state index contributed by atoms with van der Waals surface area (Å²) in [6.45, 7) is 6.01. The first-order valence-electron chi connectivity index (χ1n) is 10.5. The van der Waals surface area contributed by atoms with Crippen molar-refractivity contribution in [3.8, 4) is 0 Å². The molecule has 0 fully saturated rings. The topological polar surface area (TPSA) is 122 Å². The zero-order valence-corrected chi connectivity index (χ0v) is 20.7. The number of hydrogen-bond donors (Lipinski definition) is 2. The molecule has 0 amide bonds. The highest BCUT2D eigenvalue weighted by molar-refractivity contribution is 7.89. The third-order valence-corrected chi connectivity index (χ3v) is 7.71. The van der Waals surface area contributed by atoms with E-state index in [-0.39, 0.29) is 49.1 Å². The minimum Gasteiger partial charge on any atom is -0.465 e. The molecule has 0 radical (unpaired) electrons. The summed E-state index contributed by atoms with van der Waals surface area (Å²) in [4.78, 5) is 13.9. The van der Waals surface area contributed by atoms with Gasteiger partial charge in [0, 0.05) is 26.2 Å². The highest BCUT2D eigenvalue weighted by Gasteiger charge is 2.18. The summed E-state index contributed by atoms with van der Waals surface area (Å²) in [7, 11) is -7.40. The summed E-state index contributed by atoms with van der Waals surface area (Å²) >= 11 is 0. The highest BCUT2D eigenvalue weighted by atomic mass is 32.2. The van der Waals surface area contributed by atoms with E-state index in [0.717, 1.165) is 11.1 Å². The number of carbonyl (C=O) groups excluding carboxylic acids is 1. The number of hydrogen-bond acceptors (Lipinski definition) is 7. The maximum absolute atomic E-state index is 12.5. The van der Waals surface area contributed by atoms with Gasteiger partial charge in [0.25, 0.3) is 0 Å². The van der Waals surface area contributed by atoms with E-state index in [1.807, 2.05) is 13.8 Å². The Kier molecular flexibility index (Phi) is 9.99. The molecule has 2 rings (SSSR count). The third-order valence-electron chi connectivity index (χ3n) is 4.76. The number of aryl methyl sites for hydroxylation is 2. The summed E-state index contributed by atoms with van der Waals surface area (Å²) in [6, 6.07) is 12.9. The molecule has 11 heteroatoms. The first kappa shape index (κ1) is 26.9. The second kappa shape index (κ2) is 12.2. The summed E-state index contributed by atoms with van der Waals surface area (Å²) in [5, 5.41) is 0. The molecule has 0 aliphatic heterocycles. The van der Waals surface area contributed by atoms with E-state index >= 15 is 0 Å². The lowest BCUT2D eigenvalue weighted by Crippen LogP contribution is -2.42. The number of sulfonamides is 2. The van der Waals surface area contributed by atoms with Crippen molar-refractivity contribution >= 4 is 26.0 Å². The fourth-order valence-corrected chi connectivity index (χ4v) is 4.98. The van der Waals surface area contributed by atoms with Gasteiger partial charge in [-0.1, -0.05) is 35.4 Å². The van der Waals surface area contributed by atoms with Crippen LogP contribution in [0.15, 0.2) is 58.3 Å². The first-order chi connectivity index (χ1) is 15.5. The summed E-state index contributed by atoms with van der Waals surface area (Å²) in [5.74, 6) is -0.472. The molecule has 2 N–H and O–H groups in total. The monoisotopic (exact) mass is 497 g/mol. The first-order valence-corrected chi connectivity index (χ1v) is 13.5. The predicted octanol–water partition coefficient (Wildman–Crippen LogP) is 1.43. The zero-order valence-electron chi connectivity index (χ0n) is 19.1. The molecule has 0 saturated carbocycles. The molecule has 2 aromatic rings. The zero-order chi connectivity index (χ0) is 24.5. The molecule has 9 nitrogen and oxygen atoms in total. The van der Waals surface area contributed by atoms with Crippen LogP contribution in [0.25, 0.3) is 0 Å². The Labute approximate surface area is 196 Å². The molecule has 0 saturated heterocycles. The lowest BCUT2D eigenvalue weighted by atomic mass is 10.2. The van der Waals surface area contributed by atoms with Gasteiger partial charge in [-0.25, -0.2) is 26.3 Å². The summed E-state index contributed by atoms with van der Waals surface area (Å²) < 4.78 is 59.8. The average Bonchev–Trinajstić information content (AvgIpc) is 2.74. The van der Waals surface area contributed by atoms with Crippen LogP contribution >= 0.6 is 0 Å². The third kappa shape index (κ3) is 8.86. The lowest BCUT2D eigenvalue weighted by molar-refractivity contribution is -0.144. The van der Waals surface area contributed by atoms with Crippen LogP contribution in [0.5, 0.6) is 0 Å². The maximum atomic E-state index is 12.5. The van der Waals surface area contributed by atoms with Crippen molar-refractivity contribution in [1.82, 2.24) is 14.3 Å². The van der Waals surface area contributed by atoms with Crippen molar-refractivity contribution in [3.05, 3.63) is 59.7 Å². The average molecular weight is 498 g/mol. The van der Waals surface area contributed by atoms with E-state index < -0.39 is 26.0 Å². The van der Waals surface area contributed by atoms with Gasteiger partial charge in [0.15, 0.2) is 0 Å². The molecule has 0 aromatic heterocycles. The Morgan fingerprint density at radius 3 is 1.55 bits per heavy atom. The SMILES string of the molecule is CCOC(=O)CN(CCNS(=O)(=O)c1ccc(C)cc1)CCNS(=O)(=O)c1ccc(C)cc1. The van der Waals surface area contributed by atoms with Crippen LogP contribution in [0.4, 0.5) is 0 Å². The highest BCUT2D eigenvalue weighted by Crippen LogP contribution is 2.10. The van der Waals surface area contributed by atoms with Gasteiger partial charge in [0.2, 0.25) is 20.0 Å². The predicted molar refractivity (Wildman–Crippen MR) is 126 cm³/mol. The number of nitrogens with zero attached hydrogens (tertiary/aromatic N) is 1. The van der Waals surface area contributed by atoms with Crippen LogP contribution in [0.2, 0.25) is 0 Å². The molecule has 182 valence electrons. The summed E-state index contributed by atoms with van der Waals surface area (Å²) in [6.07, 6.45) is 0. The van der Waals surface area contributed by atoms with Crippen LogP contribution in [0.1, 0.15) is 18.1 Å². The van der Waals surface area contributed by atoms with Crippen LogP contribution in [0, 0.1) is 13.8 Å². The smallest absolute Gasteiger partial charge is 0.320 e. The normalized spacial score (nSPS) is 12.1. The van der Waals surface area contributed by atoms with E-state index in [4.69, 9.17) is 4.74 Å². The molecule has 0 atom stereocenters. The van der Waals surface area contributed by atoms with Crippen LogP contribution in [0.3, 0.4) is 0 Å². The molecule has 0 aliphatic carbocycles. The molecule has 0 spiro atoms. The minimum absolute atomic E-state index is 0.0420. The number of esters is 1. The molecule has 33 heavy (non-hydrogen) atoms.